The van der Waals surface area contributed by atoms with Crippen molar-refractivity contribution < 1.29 is 34.4 Å². The van der Waals surface area contributed by atoms with Crippen molar-refractivity contribution in [1.82, 2.24) is 0 Å². The molecule has 0 aromatic heterocycles. The van der Waals surface area contributed by atoms with Gasteiger partial charge in [0.05, 0.1) is 17.2 Å². The van der Waals surface area contributed by atoms with Crippen LogP contribution in [0.4, 0.5) is 0 Å². The first-order chi connectivity index (χ1) is 10.7. The van der Waals surface area contributed by atoms with Gasteiger partial charge in [-0.05, 0) is 31.9 Å². The minimum Gasteiger partial charge on any atom is -0.478 e. The van der Waals surface area contributed by atoms with Gasteiger partial charge in [0.1, 0.15) is 6.10 Å². The van der Waals surface area contributed by atoms with Gasteiger partial charge in [0, 0.05) is 11.6 Å². The summed E-state index contributed by atoms with van der Waals surface area (Å²) in [5, 5.41) is 28.2. The highest BCUT2D eigenvalue weighted by atomic mass is 16.5. The number of benzene rings is 1. The molecule has 124 valence electrons. The average molecular weight is 322 g/mol. The predicted molar refractivity (Wildman–Crippen MR) is 80.4 cm³/mol. The molecule has 0 aliphatic carbocycles. The van der Waals surface area contributed by atoms with Crippen molar-refractivity contribution in [2.24, 2.45) is 0 Å². The molecule has 7 nitrogen and oxygen atoms in total. The molecule has 1 aromatic rings. The number of carbonyl (C=O) groups excluding carboxylic acids is 1. The first kappa shape index (κ1) is 18.4. The van der Waals surface area contributed by atoms with Crippen LogP contribution < -0.4 is 0 Å². The maximum Gasteiger partial charge on any atom is 0.337 e. The van der Waals surface area contributed by atoms with Crippen molar-refractivity contribution in [2.45, 2.75) is 32.5 Å². The van der Waals surface area contributed by atoms with Crippen molar-refractivity contribution in [3.63, 3.8) is 0 Å². The number of carboxylic acid groups (broad SMARTS) is 2. The number of rotatable bonds is 7. The maximum absolute atomic E-state index is 11.6. The second-order valence-corrected chi connectivity index (χ2v) is 5.01. The zero-order valence-corrected chi connectivity index (χ0v) is 12.8. The van der Waals surface area contributed by atoms with Crippen molar-refractivity contribution in [2.75, 3.05) is 0 Å². The summed E-state index contributed by atoms with van der Waals surface area (Å²) in [6.07, 6.45) is -0.786. The van der Waals surface area contributed by atoms with Crippen LogP contribution in [0.25, 0.3) is 0 Å². The molecule has 3 N–H and O–H groups in total. The number of ether oxygens (including phenoxy) is 1. The van der Waals surface area contributed by atoms with Crippen molar-refractivity contribution >= 4 is 17.9 Å². The number of carboxylic acids is 2. The fourth-order valence-electron chi connectivity index (χ4n) is 2.31. The molecule has 2 atom stereocenters. The van der Waals surface area contributed by atoms with Gasteiger partial charge in [-0.3, -0.25) is 0 Å². The molecule has 0 fully saturated rings. The Morgan fingerprint density at radius 1 is 1.22 bits per heavy atom. The third-order valence-electron chi connectivity index (χ3n) is 3.16. The molecule has 0 aliphatic heterocycles. The number of aliphatic hydroxyl groups is 1. The molecule has 23 heavy (non-hydrogen) atoms. The highest BCUT2D eigenvalue weighted by molar-refractivity contribution is 6.03. The largest absolute Gasteiger partial charge is 0.478 e. The van der Waals surface area contributed by atoms with Gasteiger partial charge in [-0.2, -0.15) is 0 Å². The summed E-state index contributed by atoms with van der Waals surface area (Å²) in [5.74, 6) is -3.63. The molecule has 0 saturated heterocycles. The zero-order valence-electron chi connectivity index (χ0n) is 12.8. The lowest BCUT2D eigenvalue weighted by Gasteiger charge is -2.21. The molecule has 7 heteroatoms. The van der Waals surface area contributed by atoms with Gasteiger partial charge in [0.2, 0.25) is 0 Å². The summed E-state index contributed by atoms with van der Waals surface area (Å²) in [7, 11) is 0. The van der Waals surface area contributed by atoms with E-state index in [0.29, 0.717) is 5.56 Å². The number of hydrogen-bond donors (Lipinski definition) is 3. The second-order valence-electron chi connectivity index (χ2n) is 5.01. The molecule has 1 aromatic carbocycles. The third-order valence-corrected chi connectivity index (χ3v) is 3.16. The molecule has 0 saturated carbocycles. The number of aromatic carboxylic acids is 2. The molecule has 0 heterocycles. The molecule has 2 unspecified atom stereocenters. The van der Waals surface area contributed by atoms with Crippen LogP contribution in [0.1, 0.15) is 51.8 Å². The average Bonchev–Trinajstić information content (AvgIpc) is 2.45. The smallest absolute Gasteiger partial charge is 0.337 e. The van der Waals surface area contributed by atoms with E-state index in [4.69, 9.17) is 4.74 Å². The second kappa shape index (κ2) is 7.55. The SMILES string of the molecule is C=CC(=O)OC(C)c1c(CC(C)O)ccc(C(=O)O)c1C(=O)O. The summed E-state index contributed by atoms with van der Waals surface area (Å²) in [6.45, 7) is 6.20. The molecule has 1 rings (SSSR count). The van der Waals surface area contributed by atoms with E-state index in [1.54, 1.807) is 0 Å². The fourth-order valence-corrected chi connectivity index (χ4v) is 2.31. The molecule has 0 aliphatic rings. The maximum atomic E-state index is 11.6. The Labute approximate surface area is 132 Å². The van der Waals surface area contributed by atoms with Crippen LogP contribution in [0.15, 0.2) is 24.8 Å². The van der Waals surface area contributed by atoms with E-state index in [-0.39, 0.29) is 12.0 Å². The van der Waals surface area contributed by atoms with Crippen molar-refractivity contribution in [1.29, 1.82) is 0 Å². The number of hydrogen-bond acceptors (Lipinski definition) is 5. The minimum atomic E-state index is -1.45. The first-order valence-electron chi connectivity index (χ1n) is 6.82. The van der Waals surface area contributed by atoms with Crippen LogP contribution in [0.3, 0.4) is 0 Å². The lowest BCUT2D eigenvalue weighted by atomic mass is 9.90. The minimum absolute atomic E-state index is 0.0495. The summed E-state index contributed by atoms with van der Waals surface area (Å²) in [4.78, 5) is 34.2. The molecule has 0 bridgehead atoms. The molecule has 0 radical (unpaired) electrons. The van der Waals surface area contributed by atoms with E-state index >= 15 is 0 Å². The van der Waals surface area contributed by atoms with Gasteiger partial charge < -0.3 is 20.1 Å². The Bertz CT molecular complexity index is 646. The van der Waals surface area contributed by atoms with Gasteiger partial charge in [-0.25, -0.2) is 14.4 Å². The van der Waals surface area contributed by atoms with Crippen molar-refractivity contribution in [3.05, 3.63) is 47.0 Å². The number of carbonyl (C=O) groups is 3. The molecule has 0 spiro atoms. The lowest BCUT2D eigenvalue weighted by molar-refractivity contribution is -0.142. The van der Waals surface area contributed by atoms with Gasteiger partial charge in [0.15, 0.2) is 0 Å². The Hall–Kier alpha value is -2.67. The lowest BCUT2D eigenvalue weighted by Crippen LogP contribution is -2.19. The quantitative estimate of drug-likeness (QED) is 0.517. The van der Waals surface area contributed by atoms with E-state index in [0.717, 1.165) is 12.1 Å². The van der Waals surface area contributed by atoms with E-state index in [1.165, 1.54) is 19.9 Å². The first-order valence-corrected chi connectivity index (χ1v) is 6.82. The Kier molecular flexibility index (Phi) is 6.03. The van der Waals surface area contributed by atoms with Crippen molar-refractivity contribution in [3.8, 4) is 0 Å². The van der Waals surface area contributed by atoms with Gasteiger partial charge in [-0.15, -0.1) is 0 Å². The molecular weight excluding hydrogens is 304 g/mol. The van der Waals surface area contributed by atoms with Crippen LogP contribution in [-0.4, -0.2) is 39.3 Å². The van der Waals surface area contributed by atoms with Crippen LogP contribution in [0.5, 0.6) is 0 Å². The zero-order chi connectivity index (χ0) is 17.7. The predicted octanol–water partition coefficient (Wildman–Crippen LogP) is 1.80. The highest BCUT2D eigenvalue weighted by Gasteiger charge is 2.27. The Morgan fingerprint density at radius 3 is 2.26 bits per heavy atom. The van der Waals surface area contributed by atoms with Crippen LogP contribution >= 0.6 is 0 Å². The van der Waals surface area contributed by atoms with E-state index in [2.05, 4.69) is 6.58 Å². The Morgan fingerprint density at radius 2 is 1.83 bits per heavy atom. The monoisotopic (exact) mass is 322 g/mol. The van der Waals surface area contributed by atoms with Crippen LogP contribution in [0.2, 0.25) is 0 Å². The standard InChI is InChI=1S/C16H18O7/c1-4-12(18)23-9(3)13-10(7-8(2)17)5-6-11(15(19)20)14(13)16(21)22/h4-6,8-9,17H,1,7H2,2-3H3,(H,19,20)(H,21,22). The Balaban J connectivity index is 3.59. The van der Waals surface area contributed by atoms with E-state index in [9.17, 15) is 29.7 Å². The van der Waals surface area contributed by atoms with Crippen LogP contribution in [0, 0.1) is 0 Å². The molecule has 0 amide bonds. The third kappa shape index (κ3) is 4.40. The van der Waals surface area contributed by atoms with E-state index < -0.39 is 41.2 Å². The summed E-state index contributed by atoms with van der Waals surface area (Å²) in [6, 6.07) is 2.57. The normalized spacial score (nSPS) is 13.0. The molecular formula is C16H18O7. The van der Waals surface area contributed by atoms with Gasteiger partial charge in [-0.1, -0.05) is 12.6 Å². The number of esters is 1. The fraction of sp³-hybridized carbons (Fsp3) is 0.312. The van der Waals surface area contributed by atoms with Gasteiger partial charge in [0.25, 0.3) is 0 Å². The summed E-state index contributed by atoms with van der Waals surface area (Å²) < 4.78 is 5.04. The van der Waals surface area contributed by atoms with Gasteiger partial charge >= 0.3 is 17.9 Å². The highest BCUT2D eigenvalue weighted by Crippen LogP contribution is 2.29. The summed E-state index contributed by atoms with van der Waals surface area (Å²) >= 11 is 0. The van der Waals surface area contributed by atoms with Crippen LogP contribution in [-0.2, 0) is 16.0 Å². The summed E-state index contributed by atoms with van der Waals surface area (Å²) in [5.41, 5.74) is -0.427. The number of aliphatic hydroxyl groups excluding tert-OH is 1. The van der Waals surface area contributed by atoms with E-state index in [1.807, 2.05) is 0 Å². The topological polar surface area (TPSA) is 121 Å².